The smallest absolute Gasteiger partial charge is 0.0504 e. The summed E-state index contributed by atoms with van der Waals surface area (Å²) in [6.07, 6.45) is 1.74. The summed E-state index contributed by atoms with van der Waals surface area (Å²) in [4.78, 5) is 0. The van der Waals surface area contributed by atoms with Crippen LogP contribution in [0.3, 0.4) is 0 Å². The molecule has 0 saturated carbocycles. The third kappa shape index (κ3) is 0.933. The summed E-state index contributed by atoms with van der Waals surface area (Å²) in [5.41, 5.74) is 0. The Morgan fingerprint density at radius 3 is 2.57 bits per heavy atom. The van der Waals surface area contributed by atoms with E-state index in [1.54, 1.807) is 6.20 Å². The molecule has 7 heavy (non-hydrogen) atoms. The van der Waals surface area contributed by atoms with Crippen molar-refractivity contribution in [3.05, 3.63) is 12.8 Å². The van der Waals surface area contributed by atoms with Gasteiger partial charge in [0.1, 0.15) is 0 Å². The van der Waals surface area contributed by atoms with Crippen LogP contribution < -0.4 is 10.6 Å². The molecule has 0 aliphatic carbocycles. The predicted molar refractivity (Wildman–Crippen MR) is 30.0 cm³/mol. The molecule has 0 aromatic heterocycles. The zero-order chi connectivity index (χ0) is 5.11. The average Bonchev–Trinajstić information content (AvgIpc) is 1.55. The Labute approximate surface area is 43.6 Å². The minimum atomic E-state index is 0.650. The van der Waals surface area contributed by atoms with Gasteiger partial charge in [-0.3, -0.25) is 0 Å². The first-order chi connectivity index (χ1) is 3.43. The molecule has 40 valence electrons. The Balaban J connectivity index is 2.03. The summed E-state index contributed by atoms with van der Waals surface area (Å²) in [5.74, 6) is 0. The van der Waals surface area contributed by atoms with Crippen LogP contribution in [0.5, 0.6) is 0 Å². The molecule has 1 aliphatic rings. The van der Waals surface area contributed by atoms with Crippen LogP contribution in [0.4, 0.5) is 0 Å². The third-order valence-corrected chi connectivity index (χ3v) is 1.14. The van der Waals surface area contributed by atoms with Gasteiger partial charge in [0.05, 0.1) is 6.04 Å². The van der Waals surface area contributed by atoms with Gasteiger partial charge in [0.15, 0.2) is 0 Å². The zero-order valence-corrected chi connectivity index (χ0v) is 4.28. The van der Waals surface area contributed by atoms with Gasteiger partial charge in [-0.15, -0.1) is 0 Å². The molecule has 0 unspecified atom stereocenters. The van der Waals surface area contributed by atoms with Gasteiger partial charge in [-0.1, -0.05) is 6.58 Å². The second-order valence-corrected chi connectivity index (χ2v) is 1.73. The lowest BCUT2D eigenvalue weighted by atomic mass is 10.2. The van der Waals surface area contributed by atoms with Crippen molar-refractivity contribution in [1.29, 1.82) is 0 Å². The van der Waals surface area contributed by atoms with Crippen molar-refractivity contribution in [2.75, 3.05) is 13.1 Å². The van der Waals surface area contributed by atoms with E-state index >= 15 is 0 Å². The standard InChI is InChI=1S/C5H10N2/c1-2-7-5-3-6-4-5/h2,5-7H,1,3-4H2. The molecule has 1 rings (SSSR count). The fourth-order valence-corrected chi connectivity index (χ4v) is 0.573. The van der Waals surface area contributed by atoms with Crippen LogP contribution in [0.1, 0.15) is 0 Å². The maximum Gasteiger partial charge on any atom is 0.0504 e. The lowest BCUT2D eigenvalue weighted by molar-refractivity contribution is 0.401. The summed E-state index contributed by atoms with van der Waals surface area (Å²) in [7, 11) is 0. The highest BCUT2D eigenvalue weighted by Crippen LogP contribution is 1.87. The van der Waals surface area contributed by atoms with Crippen molar-refractivity contribution < 1.29 is 0 Å². The van der Waals surface area contributed by atoms with E-state index in [-0.39, 0.29) is 0 Å². The highest BCUT2D eigenvalue weighted by Gasteiger charge is 2.12. The molecule has 0 aromatic carbocycles. The molecular formula is C5H10N2. The molecule has 0 bridgehead atoms. The molecule has 2 N–H and O–H groups in total. The van der Waals surface area contributed by atoms with E-state index in [1.807, 2.05) is 0 Å². The van der Waals surface area contributed by atoms with Gasteiger partial charge in [-0.05, 0) is 6.20 Å². The molecule has 0 aromatic rings. The molecule has 1 fully saturated rings. The van der Waals surface area contributed by atoms with Crippen molar-refractivity contribution in [3.8, 4) is 0 Å². The highest BCUT2D eigenvalue weighted by atomic mass is 15.1. The van der Waals surface area contributed by atoms with Gasteiger partial charge >= 0.3 is 0 Å². The van der Waals surface area contributed by atoms with Gasteiger partial charge in [-0.25, -0.2) is 0 Å². The van der Waals surface area contributed by atoms with Gasteiger partial charge in [0, 0.05) is 13.1 Å². The van der Waals surface area contributed by atoms with Crippen LogP contribution in [-0.2, 0) is 0 Å². The third-order valence-electron chi connectivity index (χ3n) is 1.14. The maximum absolute atomic E-state index is 3.54. The highest BCUT2D eigenvalue weighted by molar-refractivity contribution is 4.85. The first-order valence-electron chi connectivity index (χ1n) is 2.51. The summed E-state index contributed by atoms with van der Waals surface area (Å²) >= 11 is 0. The minimum Gasteiger partial charge on any atom is -0.386 e. The fourth-order valence-electron chi connectivity index (χ4n) is 0.573. The van der Waals surface area contributed by atoms with E-state index in [2.05, 4.69) is 17.2 Å². The number of hydrogen-bond acceptors (Lipinski definition) is 2. The molecule has 1 saturated heterocycles. The predicted octanol–water partition coefficient (Wildman–Crippen LogP) is -0.309. The quantitative estimate of drug-likeness (QED) is 0.495. The Kier molecular flexibility index (Phi) is 1.32. The largest absolute Gasteiger partial charge is 0.386 e. The Morgan fingerprint density at radius 2 is 2.43 bits per heavy atom. The number of nitrogens with one attached hydrogen (secondary N) is 2. The van der Waals surface area contributed by atoms with Gasteiger partial charge < -0.3 is 10.6 Å². The number of hydrogen-bond donors (Lipinski definition) is 2. The van der Waals surface area contributed by atoms with Crippen molar-refractivity contribution >= 4 is 0 Å². The van der Waals surface area contributed by atoms with Crippen molar-refractivity contribution in [2.45, 2.75) is 6.04 Å². The van der Waals surface area contributed by atoms with Gasteiger partial charge in [-0.2, -0.15) is 0 Å². The van der Waals surface area contributed by atoms with Crippen LogP contribution in [0, 0.1) is 0 Å². The molecule has 2 heteroatoms. The lowest BCUT2D eigenvalue weighted by Crippen LogP contribution is -2.53. The van der Waals surface area contributed by atoms with Crippen molar-refractivity contribution in [2.24, 2.45) is 0 Å². The van der Waals surface area contributed by atoms with E-state index < -0.39 is 0 Å². The first-order valence-corrected chi connectivity index (χ1v) is 2.51. The van der Waals surface area contributed by atoms with E-state index in [0.29, 0.717) is 6.04 Å². The molecule has 0 atom stereocenters. The van der Waals surface area contributed by atoms with Crippen LogP contribution in [-0.4, -0.2) is 19.1 Å². The Bertz CT molecular complexity index is 66.5. The molecule has 0 spiro atoms. The second kappa shape index (κ2) is 1.98. The Hall–Kier alpha value is -0.500. The Morgan fingerprint density at radius 1 is 1.71 bits per heavy atom. The van der Waals surface area contributed by atoms with Crippen molar-refractivity contribution in [3.63, 3.8) is 0 Å². The van der Waals surface area contributed by atoms with Crippen LogP contribution in [0.2, 0.25) is 0 Å². The second-order valence-electron chi connectivity index (χ2n) is 1.73. The van der Waals surface area contributed by atoms with E-state index in [0.717, 1.165) is 13.1 Å². The SMILES string of the molecule is C=CNC1CNC1. The minimum absolute atomic E-state index is 0.650. The summed E-state index contributed by atoms with van der Waals surface area (Å²) in [6, 6.07) is 0.650. The van der Waals surface area contributed by atoms with Crippen LogP contribution in [0.15, 0.2) is 12.8 Å². The van der Waals surface area contributed by atoms with Crippen LogP contribution >= 0.6 is 0 Å². The van der Waals surface area contributed by atoms with Crippen LogP contribution in [0.25, 0.3) is 0 Å². The summed E-state index contributed by atoms with van der Waals surface area (Å²) in [5, 5.41) is 6.22. The molecule has 1 heterocycles. The fraction of sp³-hybridized carbons (Fsp3) is 0.600. The molecule has 1 aliphatic heterocycles. The molecular weight excluding hydrogens is 88.1 g/mol. The monoisotopic (exact) mass is 98.1 g/mol. The normalized spacial score (nSPS) is 20.6. The van der Waals surface area contributed by atoms with E-state index in [1.165, 1.54) is 0 Å². The summed E-state index contributed by atoms with van der Waals surface area (Å²) < 4.78 is 0. The topological polar surface area (TPSA) is 24.1 Å². The lowest BCUT2D eigenvalue weighted by Gasteiger charge is -2.26. The maximum atomic E-state index is 3.54. The van der Waals surface area contributed by atoms with E-state index in [9.17, 15) is 0 Å². The zero-order valence-electron chi connectivity index (χ0n) is 4.28. The first kappa shape index (κ1) is 4.65. The average molecular weight is 98.1 g/mol. The summed E-state index contributed by atoms with van der Waals surface area (Å²) in [6.45, 7) is 5.72. The number of rotatable bonds is 2. The molecule has 2 nitrogen and oxygen atoms in total. The van der Waals surface area contributed by atoms with Crippen molar-refractivity contribution in [1.82, 2.24) is 10.6 Å². The molecule has 0 radical (unpaired) electrons. The van der Waals surface area contributed by atoms with Gasteiger partial charge in [0.25, 0.3) is 0 Å². The van der Waals surface area contributed by atoms with Gasteiger partial charge in [0.2, 0.25) is 0 Å². The molecule has 0 amide bonds. The van der Waals surface area contributed by atoms with E-state index in [4.69, 9.17) is 0 Å².